The number of hydrogen-bond donors (Lipinski definition) is 1. The first-order valence-electron chi connectivity index (χ1n) is 16.5. The van der Waals surface area contributed by atoms with E-state index in [0.717, 1.165) is 82.9 Å². The smallest absolute Gasteiger partial charge is 0.340 e. The average molecular weight is 634 g/mol. The van der Waals surface area contributed by atoms with Crippen molar-refractivity contribution in [3.63, 3.8) is 0 Å². The molecule has 1 saturated heterocycles. The van der Waals surface area contributed by atoms with Crippen molar-refractivity contribution in [1.29, 1.82) is 0 Å². The van der Waals surface area contributed by atoms with Crippen molar-refractivity contribution in [2.24, 2.45) is 0 Å². The summed E-state index contributed by atoms with van der Waals surface area (Å²) in [6.45, 7) is 4.98. The first-order valence-corrected chi connectivity index (χ1v) is 16.5. The first kappa shape index (κ1) is 29.7. The summed E-state index contributed by atoms with van der Waals surface area (Å²) in [5.74, 6) is 1.61. The fourth-order valence-corrected chi connectivity index (χ4v) is 6.78. The van der Waals surface area contributed by atoms with Crippen LogP contribution in [0.3, 0.4) is 0 Å². The summed E-state index contributed by atoms with van der Waals surface area (Å²) in [5.41, 5.74) is 8.83. The Morgan fingerprint density at radius 1 is 0.875 bits per heavy atom. The number of nitrogens with zero attached hydrogens (tertiary/aromatic N) is 6. The number of piperidine rings is 1. The number of likely N-dealkylation sites (tertiary alicyclic amines) is 1. The molecule has 0 unspecified atom stereocenters. The highest BCUT2D eigenvalue weighted by Crippen LogP contribution is 2.38. The number of para-hydroxylation sites is 2. The quantitative estimate of drug-likeness (QED) is 0.172. The molecule has 4 aromatic heterocycles. The first-order chi connectivity index (χ1) is 23.7. The van der Waals surface area contributed by atoms with Crippen LogP contribution in [0.25, 0.3) is 50.5 Å². The van der Waals surface area contributed by atoms with Crippen LogP contribution in [0.15, 0.2) is 109 Å². The van der Waals surface area contributed by atoms with Crippen LogP contribution in [0.4, 0.5) is 0 Å². The number of nitrogens with one attached hydrogen (secondary N) is 1. The normalized spacial score (nSPS) is 14.1. The van der Waals surface area contributed by atoms with Crippen LogP contribution in [0.2, 0.25) is 0 Å². The van der Waals surface area contributed by atoms with Crippen LogP contribution in [-0.4, -0.2) is 60.1 Å². The summed E-state index contributed by atoms with van der Waals surface area (Å²) in [7, 11) is 0. The Morgan fingerprint density at radius 2 is 1.65 bits per heavy atom. The largest absolute Gasteiger partial charge is 0.462 e. The highest BCUT2D eigenvalue weighted by Gasteiger charge is 2.26. The number of rotatable bonds is 8. The van der Waals surface area contributed by atoms with E-state index < -0.39 is 0 Å². The lowest BCUT2D eigenvalue weighted by Crippen LogP contribution is -2.32. The van der Waals surface area contributed by atoms with Gasteiger partial charge in [-0.3, -0.25) is 15.0 Å². The number of fused-ring (bicyclic) bond motifs is 3. The molecule has 1 N–H and O–H groups in total. The standard InChI is InChI=1S/C39H35N7O2/c1-2-48-39(47)30-25-46-33-14-7-6-12-31(33)41-35(36(46)34(30)27-10-4-3-5-11-27)28-17-15-26(16-18-28)24-45-22-19-29(20-23-45)37-42-38(44-43-37)32-13-8-9-21-40-32/h3-18,21,25,29H,2,19-20,22-24H2,1H3,(H,42,43,44). The molecule has 9 heteroatoms. The van der Waals surface area contributed by atoms with Crippen molar-refractivity contribution in [3.8, 4) is 33.9 Å². The Balaban J connectivity index is 1.07. The molecule has 1 fully saturated rings. The molecule has 0 saturated carbocycles. The Hall–Kier alpha value is -5.67. The van der Waals surface area contributed by atoms with Crippen LogP contribution in [0.5, 0.6) is 0 Å². The number of pyridine rings is 1. The molecule has 0 spiro atoms. The van der Waals surface area contributed by atoms with Gasteiger partial charge >= 0.3 is 5.97 Å². The van der Waals surface area contributed by atoms with E-state index in [1.807, 2.05) is 85.9 Å². The minimum atomic E-state index is -0.342. The lowest BCUT2D eigenvalue weighted by atomic mass is 9.95. The van der Waals surface area contributed by atoms with Gasteiger partial charge < -0.3 is 9.14 Å². The molecule has 0 radical (unpaired) electrons. The average Bonchev–Trinajstić information content (AvgIpc) is 3.80. The summed E-state index contributed by atoms with van der Waals surface area (Å²) in [6, 6.07) is 32.5. The number of aromatic nitrogens is 6. The molecule has 1 aliphatic rings. The number of aromatic amines is 1. The third-order valence-corrected chi connectivity index (χ3v) is 9.17. The van der Waals surface area contributed by atoms with Gasteiger partial charge in [0.25, 0.3) is 0 Å². The SMILES string of the molecule is CCOC(=O)c1cn2c(c(-c3ccc(CN4CCC(c5nc(-c6ccccn6)n[nH]5)CC4)cc3)nc3ccccc32)c1-c1ccccc1. The number of ether oxygens (including phenoxy) is 1. The van der Waals surface area contributed by atoms with Gasteiger partial charge in [0, 0.05) is 36.0 Å². The van der Waals surface area contributed by atoms with Gasteiger partial charge in [-0.2, -0.15) is 5.10 Å². The molecular weight excluding hydrogens is 598 g/mol. The summed E-state index contributed by atoms with van der Waals surface area (Å²) < 4.78 is 7.62. The number of hydrogen-bond acceptors (Lipinski definition) is 7. The van der Waals surface area contributed by atoms with Gasteiger partial charge in [-0.1, -0.05) is 72.8 Å². The van der Waals surface area contributed by atoms with Crippen molar-refractivity contribution < 1.29 is 9.53 Å². The van der Waals surface area contributed by atoms with Gasteiger partial charge in [-0.05, 0) is 68.2 Å². The summed E-state index contributed by atoms with van der Waals surface area (Å²) in [6.07, 6.45) is 5.71. The number of H-pyrrole nitrogens is 1. The van der Waals surface area contributed by atoms with Gasteiger partial charge in [0.05, 0.1) is 34.4 Å². The van der Waals surface area contributed by atoms with E-state index in [9.17, 15) is 4.79 Å². The van der Waals surface area contributed by atoms with Crippen molar-refractivity contribution >= 4 is 22.5 Å². The van der Waals surface area contributed by atoms with Crippen LogP contribution in [0.1, 0.15) is 47.4 Å². The van der Waals surface area contributed by atoms with E-state index >= 15 is 0 Å². The second-order valence-electron chi connectivity index (χ2n) is 12.2. The fraction of sp³-hybridized carbons (Fsp3) is 0.205. The van der Waals surface area contributed by atoms with E-state index in [1.165, 1.54) is 5.56 Å². The van der Waals surface area contributed by atoms with Crippen molar-refractivity contribution in [1.82, 2.24) is 34.4 Å². The molecule has 5 heterocycles. The van der Waals surface area contributed by atoms with Crippen LogP contribution < -0.4 is 0 Å². The number of carbonyl (C=O) groups is 1. The molecule has 238 valence electrons. The lowest BCUT2D eigenvalue weighted by molar-refractivity contribution is 0.0527. The third kappa shape index (κ3) is 5.62. The Morgan fingerprint density at radius 3 is 2.42 bits per heavy atom. The maximum atomic E-state index is 13.3. The van der Waals surface area contributed by atoms with Gasteiger partial charge in [0.15, 0.2) is 5.82 Å². The molecule has 1 aliphatic heterocycles. The summed E-state index contributed by atoms with van der Waals surface area (Å²) in [5, 5.41) is 7.58. The lowest BCUT2D eigenvalue weighted by Gasteiger charge is -2.31. The van der Waals surface area contributed by atoms with Gasteiger partial charge in [-0.15, -0.1) is 0 Å². The fourth-order valence-electron chi connectivity index (χ4n) is 6.78. The van der Waals surface area contributed by atoms with E-state index in [1.54, 1.807) is 6.20 Å². The van der Waals surface area contributed by atoms with Gasteiger partial charge in [0.1, 0.15) is 11.5 Å². The zero-order valence-corrected chi connectivity index (χ0v) is 26.7. The molecule has 9 nitrogen and oxygen atoms in total. The summed E-state index contributed by atoms with van der Waals surface area (Å²) >= 11 is 0. The number of benzene rings is 3. The van der Waals surface area contributed by atoms with Gasteiger partial charge in [-0.25, -0.2) is 14.8 Å². The van der Waals surface area contributed by atoms with Crippen LogP contribution in [-0.2, 0) is 11.3 Å². The molecule has 48 heavy (non-hydrogen) atoms. The minimum absolute atomic E-state index is 0.303. The molecular formula is C39H35N7O2. The zero-order chi connectivity index (χ0) is 32.5. The second kappa shape index (κ2) is 12.8. The second-order valence-corrected chi connectivity index (χ2v) is 12.2. The molecule has 3 aromatic carbocycles. The van der Waals surface area contributed by atoms with E-state index in [2.05, 4.69) is 48.7 Å². The van der Waals surface area contributed by atoms with Crippen molar-refractivity contribution in [2.45, 2.75) is 32.2 Å². The monoisotopic (exact) mass is 633 g/mol. The van der Waals surface area contributed by atoms with Crippen molar-refractivity contribution in [3.05, 3.63) is 126 Å². The Kier molecular flexibility index (Phi) is 7.95. The van der Waals surface area contributed by atoms with E-state index in [0.29, 0.717) is 23.9 Å². The van der Waals surface area contributed by atoms with Crippen LogP contribution >= 0.6 is 0 Å². The molecule has 0 atom stereocenters. The topological polar surface area (TPSA) is 101 Å². The maximum Gasteiger partial charge on any atom is 0.340 e. The maximum absolute atomic E-state index is 13.3. The summed E-state index contributed by atoms with van der Waals surface area (Å²) in [4.78, 5) is 30.1. The molecule has 7 aromatic rings. The highest BCUT2D eigenvalue weighted by atomic mass is 16.5. The van der Waals surface area contributed by atoms with Crippen molar-refractivity contribution in [2.75, 3.05) is 19.7 Å². The minimum Gasteiger partial charge on any atom is -0.462 e. The number of esters is 1. The Bertz CT molecular complexity index is 2200. The molecule has 0 bridgehead atoms. The van der Waals surface area contributed by atoms with Gasteiger partial charge in [0.2, 0.25) is 0 Å². The molecule has 0 aliphatic carbocycles. The van der Waals surface area contributed by atoms with E-state index in [-0.39, 0.29) is 5.97 Å². The van der Waals surface area contributed by atoms with E-state index in [4.69, 9.17) is 14.7 Å². The molecule has 8 rings (SSSR count). The highest BCUT2D eigenvalue weighted by molar-refractivity contribution is 6.07. The molecule has 0 amide bonds. The Labute approximate surface area is 278 Å². The predicted octanol–water partition coefficient (Wildman–Crippen LogP) is 7.56. The number of carbonyl (C=O) groups excluding carboxylic acids is 1. The zero-order valence-electron chi connectivity index (χ0n) is 26.7. The van der Waals surface area contributed by atoms with Crippen LogP contribution in [0, 0.1) is 0 Å². The third-order valence-electron chi connectivity index (χ3n) is 9.17. The predicted molar refractivity (Wildman–Crippen MR) is 186 cm³/mol.